The second-order valence-corrected chi connectivity index (χ2v) is 4.64. The summed E-state index contributed by atoms with van der Waals surface area (Å²) in [6, 6.07) is 9.44. The average molecular weight is 234 g/mol. The first-order valence-electron chi connectivity index (χ1n) is 6.38. The highest BCUT2D eigenvalue weighted by Crippen LogP contribution is 2.23. The molecule has 3 nitrogen and oxygen atoms in total. The van der Waals surface area contributed by atoms with Crippen LogP contribution in [0.5, 0.6) is 5.75 Å². The molecule has 2 atom stereocenters. The molecule has 1 aliphatic heterocycles. The van der Waals surface area contributed by atoms with Gasteiger partial charge in [0.15, 0.2) is 0 Å². The molecule has 0 saturated carbocycles. The molecule has 2 unspecified atom stereocenters. The number of hydrogen-bond acceptors (Lipinski definition) is 3. The summed E-state index contributed by atoms with van der Waals surface area (Å²) in [7, 11) is 3.73. The van der Waals surface area contributed by atoms with Gasteiger partial charge in [0.1, 0.15) is 5.75 Å². The minimum absolute atomic E-state index is 0.427. The van der Waals surface area contributed by atoms with Crippen molar-refractivity contribution in [3.63, 3.8) is 0 Å². The second kappa shape index (κ2) is 6.03. The van der Waals surface area contributed by atoms with Crippen LogP contribution < -0.4 is 15.4 Å². The predicted molar refractivity (Wildman–Crippen MR) is 70.4 cm³/mol. The van der Waals surface area contributed by atoms with Crippen molar-refractivity contribution in [2.24, 2.45) is 0 Å². The normalized spacial score (nSPS) is 21.4. The minimum atomic E-state index is 0.427. The molecule has 0 radical (unpaired) electrons. The molecule has 1 saturated heterocycles. The van der Waals surface area contributed by atoms with Gasteiger partial charge in [-0.3, -0.25) is 0 Å². The summed E-state index contributed by atoms with van der Waals surface area (Å²) >= 11 is 0. The van der Waals surface area contributed by atoms with Gasteiger partial charge in [-0.1, -0.05) is 12.1 Å². The lowest BCUT2D eigenvalue weighted by Gasteiger charge is -2.21. The molecule has 2 N–H and O–H groups in total. The van der Waals surface area contributed by atoms with Gasteiger partial charge in [-0.15, -0.1) is 0 Å². The summed E-state index contributed by atoms with van der Waals surface area (Å²) in [4.78, 5) is 0. The molecule has 17 heavy (non-hydrogen) atoms. The van der Waals surface area contributed by atoms with E-state index in [1.807, 2.05) is 19.2 Å². The van der Waals surface area contributed by atoms with Crippen LogP contribution in [-0.2, 0) is 0 Å². The van der Waals surface area contributed by atoms with Gasteiger partial charge in [-0.25, -0.2) is 0 Å². The molecule has 94 valence electrons. The number of methoxy groups -OCH3 is 1. The number of benzene rings is 1. The van der Waals surface area contributed by atoms with Crippen LogP contribution in [0.15, 0.2) is 24.3 Å². The van der Waals surface area contributed by atoms with Gasteiger partial charge in [0.25, 0.3) is 0 Å². The Balaban J connectivity index is 2.00. The summed E-state index contributed by atoms with van der Waals surface area (Å²) in [6.45, 7) is 1.17. The Kier molecular flexibility index (Phi) is 4.40. The van der Waals surface area contributed by atoms with E-state index in [0.29, 0.717) is 12.1 Å². The number of ether oxygens (including phenoxy) is 1. The maximum absolute atomic E-state index is 5.18. The van der Waals surface area contributed by atoms with Gasteiger partial charge in [-0.05, 0) is 50.6 Å². The highest BCUT2D eigenvalue weighted by atomic mass is 16.5. The van der Waals surface area contributed by atoms with E-state index in [-0.39, 0.29) is 0 Å². The van der Waals surface area contributed by atoms with E-state index in [9.17, 15) is 0 Å². The Bertz CT molecular complexity index is 331. The Labute approximate surface area is 104 Å². The summed E-state index contributed by atoms with van der Waals surface area (Å²) in [5.41, 5.74) is 1.34. The zero-order valence-corrected chi connectivity index (χ0v) is 10.7. The van der Waals surface area contributed by atoms with Crippen LogP contribution in [0.1, 0.15) is 30.9 Å². The van der Waals surface area contributed by atoms with Gasteiger partial charge in [-0.2, -0.15) is 0 Å². The van der Waals surface area contributed by atoms with Crippen LogP contribution >= 0.6 is 0 Å². The molecular formula is C14H22N2O. The van der Waals surface area contributed by atoms with Gasteiger partial charge >= 0.3 is 0 Å². The largest absolute Gasteiger partial charge is 0.497 e. The Morgan fingerprint density at radius 1 is 1.41 bits per heavy atom. The van der Waals surface area contributed by atoms with E-state index in [2.05, 4.69) is 22.8 Å². The van der Waals surface area contributed by atoms with Crippen LogP contribution in [0.25, 0.3) is 0 Å². The van der Waals surface area contributed by atoms with Crippen LogP contribution in [0, 0.1) is 0 Å². The fraction of sp³-hybridized carbons (Fsp3) is 0.571. The van der Waals surface area contributed by atoms with E-state index in [0.717, 1.165) is 12.2 Å². The number of hydrogen-bond donors (Lipinski definition) is 2. The fourth-order valence-corrected chi connectivity index (χ4v) is 2.50. The topological polar surface area (TPSA) is 33.3 Å². The molecule has 3 heteroatoms. The summed E-state index contributed by atoms with van der Waals surface area (Å²) in [5.74, 6) is 0.919. The van der Waals surface area contributed by atoms with E-state index in [4.69, 9.17) is 4.74 Å². The third kappa shape index (κ3) is 3.20. The molecule has 1 aromatic carbocycles. The predicted octanol–water partition coefficient (Wildman–Crippen LogP) is 2.10. The van der Waals surface area contributed by atoms with Crippen molar-refractivity contribution in [2.45, 2.75) is 31.3 Å². The zero-order valence-electron chi connectivity index (χ0n) is 10.7. The monoisotopic (exact) mass is 234 g/mol. The first kappa shape index (κ1) is 12.4. The van der Waals surface area contributed by atoms with Crippen molar-refractivity contribution in [3.05, 3.63) is 29.8 Å². The standard InChI is InChI=1S/C14H22N2O/c1-15-14(10-12-4-3-9-16-12)11-5-7-13(17-2)8-6-11/h5-8,12,14-16H,3-4,9-10H2,1-2H3. The molecule has 0 aliphatic carbocycles. The average Bonchev–Trinajstić information content (AvgIpc) is 2.89. The fourth-order valence-electron chi connectivity index (χ4n) is 2.50. The third-order valence-electron chi connectivity index (χ3n) is 3.55. The van der Waals surface area contributed by atoms with E-state index < -0.39 is 0 Å². The molecule has 0 bridgehead atoms. The molecule has 0 amide bonds. The summed E-state index contributed by atoms with van der Waals surface area (Å²) in [6.07, 6.45) is 3.76. The maximum Gasteiger partial charge on any atom is 0.118 e. The van der Waals surface area contributed by atoms with Crippen molar-refractivity contribution in [1.29, 1.82) is 0 Å². The summed E-state index contributed by atoms with van der Waals surface area (Å²) in [5, 5.41) is 6.95. The van der Waals surface area contributed by atoms with E-state index in [1.165, 1.54) is 24.9 Å². The smallest absolute Gasteiger partial charge is 0.118 e. The molecule has 1 aromatic rings. The maximum atomic E-state index is 5.18. The van der Waals surface area contributed by atoms with Crippen LogP contribution in [0.2, 0.25) is 0 Å². The molecule has 2 rings (SSSR count). The third-order valence-corrected chi connectivity index (χ3v) is 3.55. The minimum Gasteiger partial charge on any atom is -0.497 e. The van der Waals surface area contributed by atoms with Crippen LogP contribution in [0.3, 0.4) is 0 Å². The highest BCUT2D eigenvalue weighted by molar-refractivity contribution is 5.29. The van der Waals surface area contributed by atoms with E-state index >= 15 is 0 Å². The Morgan fingerprint density at radius 2 is 2.18 bits per heavy atom. The lowest BCUT2D eigenvalue weighted by Crippen LogP contribution is -2.28. The van der Waals surface area contributed by atoms with E-state index in [1.54, 1.807) is 7.11 Å². The Morgan fingerprint density at radius 3 is 2.71 bits per heavy atom. The molecule has 0 spiro atoms. The van der Waals surface area contributed by atoms with Crippen molar-refractivity contribution in [1.82, 2.24) is 10.6 Å². The van der Waals surface area contributed by atoms with Gasteiger partial charge < -0.3 is 15.4 Å². The zero-order chi connectivity index (χ0) is 12.1. The quantitative estimate of drug-likeness (QED) is 0.818. The second-order valence-electron chi connectivity index (χ2n) is 4.64. The first-order valence-corrected chi connectivity index (χ1v) is 6.38. The number of nitrogens with one attached hydrogen (secondary N) is 2. The van der Waals surface area contributed by atoms with Gasteiger partial charge in [0.2, 0.25) is 0 Å². The lowest BCUT2D eigenvalue weighted by atomic mass is 9.98. The van der Waals surface area contributed by atoms with Gasteiger partial charge in [0, 0.05) is 12.1 Å². The molecule has 1 heterocycles. The molecular weight excluding hydrogens is 212 g/mol. The van der Waals surface area contributed by atoms with Crippen LogP contribution in [-0.4, -0.2) is 26.7 Å². The summed E-state index contributed by atoms with van der Waals surface area (Å²) < 4.78 is 5.18. The van der Waals surface area contributed by atoms with Crippen molar-refractivity contribution < 1.29 is 4.74 Å². The first-order chi connectivity index (χ1) is 8.33. The highest BCUT2D eigenvalue weighted by Gasteiger charge is 2.19. The van der Waals surface area contributed by atoms with Gasteiger partial charge in [0.05, 0.1) is 7.11 Å². The number of rotatable bonds is 5. The van der Waals surface area contributed by atoms with Crippen molar-refractivity contribution in [3.8, 4) is 5.75 Å². The molecule has 0 aromatic heterocycles. The Hall–Kier alpha value is -1.06. The van der Waals surface area contributed by atoms with Crippen molar-refractivity contribution >= 4 is 0 Å². The van der Waals surface area contributed by atoms with Crippen LogP contribution in [0.4, 0.5) is 0 Å². The molecule has 1 fully saturated rings. The lowest BCUT2D eigenvalue weighted by molar-refractivity contribution is 0.413. The SMILES string of the molecule is CNC(CC1CCCN1)c1ccc(OC)cc1. The van der Waals surface area contributed by atoms with Crippen molar-refractivity contribution in [2.75, 3.05) is 20.7 Å². The molecule has 1 aliphatic rings.